The third kappa shape index (κ3) is 4.58. The highest BCUT2D eigenvalue weighted by molar-refractivity contribution is 7.80. The third-order valence-electron chi connectivity index (χ3n) is 1.94. The van der Waals surface area contributed by atoms with Gasteiger partial charge in [0.1, 0.15) is 17.3 Å². The topological polar surface area (TPSA) is 35.2 Å². The highest BCUT2D eigenvalue weighted by atomic mass is 32.1. The van der Waals surface area contributed by atoms with E-state index >= 15 is 0 Å². The number of halogens is 6. The number of thiocarbonyl (C=S) groups is 1. The van der Waals surface area contributed by atoms with Gasteiger partial charge in [-0.3, -0.25) is 0 Å². The number of alkyl halides is 6. The predicted molar refractivity (Wildman–Crippen MR) is 58.7 cm³/mol. The minimum Gasteiger partial charge on any atom is -0.486 e. The van der Waals surface area contributed by atoms with Crippen molar-refractivity contribution in [3.8, 4) is 5.75 Å². The molecule has 0 heterocycles. The van der Waals surface area contributed by atoms with Crippen LogP contribution in [-0.2, 0) is 12.4 Å². The Morgan fingerprint density at radius 3 is 1.74 bits per heavy atom. The second-order valence-electron chi connectivity index (χ2n) is 3.50. The van der Waals surface area contributed by atoms with E-state index in [0.717, 1.165) is 0 Å². The van der Waals surface area contributed by atoms with Crippen LogP contribution < -0.4 is 10.5 Å². The molecule has 106 valence electrons. The molecule has 2 N–H and O–H groups in total. The molecule has 0 aliphatic rings. The van der Waals surface area contributed by atoms with Crippen molar-refractivity contribution in [1.29, 1.82) is 0 Å². The molecule has 0 aliphatic carbocycles. The molecule has 0 bridgehead atoms. The van der Waals surface area contributed by atoms with Crippen molar-refractivity contribution in [2.24, 2.45) is 5.73 Å². The van der Waals surface area contributed by atoms with E-state index in [0.29, 0.717) is 12.1 Å². The first-order valence-corrected chi connectivity index (χ1v) is 5.11. The van der Waals surface area contributed by atoms with E-state index < -0.39 is 35.8 Å². The molecule has 0 unspecified atom stereocenters. The Labute approximate surface area is 109 Å². The van der Waals surface area contributed by atoms with Gasteiger partial charge in [0.05, 0.1) is 11.1 Å². The first kappa shape index (κ1) is 15.5. The average Bonchev–Trinajstić information content (AvgIpc) is 2.23. The highest BCUT2D eigenvalue weighted by Gasteiger charge is 2.37. The molecule has 19 heavy (non-hydrogen) atoms. The van der Waals surface area contributed by atoms with Crippen molar-refractivity contribution in [3.63, 3.8) is 0 Å². The van der Waals surface area contributed by atoms with Crippen molar-refractivity contribution in [2.75, 3.05) is 6.61 Å². The van der Waals surface area contributed by atoms with Crippen molar-refractivity contribution in [3.05, 3.63) is 29.3 Å². The quantitative estimate of drug-likeness (QED) is 0.687. The number of benzene rings is 1. The average molecular weight is 303 g/mol. The summed E-state index contributed by atoms with van der Waals surface area (Å²) >= 11 is 4.42. The van der Waals surface area contributed by atoms with Crippen LogP contribution in [0.3, 0.4) is 0 Å². The molecule has 2 nitrogen and oxygen atoms in total. The molecular weight excluding hydrogens is 296 g/mol. The van der Waals surface area contributed by atoms with Gasteiger partial charge in [0.15, 0.2) is 0 Å². The van der Waals surface area contributed by atoms with Crippen LogP contribution in [0.2, 0.25) is 0 Å². The van der Waals surface area contributed by atoms with Crippen LogP contribution in [0.25, 0.3) is 0 Å². The lowest BCUT2D eigenvalue weighted by molar-refractivity contribution is -0.143. The number of ether oxygens (including phenoxy) is 1. The van der Waals surface area contributed by atoms with Crippen LogP contribution in [0, 0.1) is 0 Å². The second kappa shape index (κ2) is 5.24. The van der Waals surface area contributed by atoms with Gasteiger partial charge in [0, 0.05) is 0 Å². The maximum atomic E-state index is 12.5. The van der Waals surface area contributed by atoms with E-state index in [1.807, 2.05) is 0 Å². The van der Waals surface area contributed by atoms with Crippen LogP contribution in [0.4, 0.5) is 26.3 Å². The van der Waals surface area contributed by atoms with Gasteiger partial charge in [0.2, 0.25) is 0 Å². The summed E-state index contributed by atoms with van der Waals surface area (Å²) in [5.74, 6) is -0.602. The third-order valence-corrected chi connectivity index (χ3v) is 2.06. The SMILES string of the molecule is NC(=S)COc1cc(C(F)(F)F)cc(C(F)(F)F)c1. The zero-order valence-electron chi connectivity index (χ0n) is 9.10. The number of rotatable bonds is 3. The molecule has 1 aromatic carbocycles. The van der Waals surface area contributed by atoms with E-state index in [2.05, 4.69) is 17.0 Å². The van der Waals surface area contributed by atoms with Gasteiger partial charge in [-0.15, -0.1) is 0 Å². The van der Waals surface area contributed by atoms with Crippen LogP contribution in [0.5, 0.6) is 5.75 Å². The lowest BCUT2D eigenvalue weighted by Gasteiger charge is -2.14. The minimum absolute atomic E-state index is 0.00757. The predicted octanol–water partition coefficient (Wildman–Crippen LogP) is 3.39. The molecule has 0 aliphatic heterocycles. The van der Waals surface area contributed by atoms with Gasteiger partial charge < -0.3 is 10.5 Å². The molecular formula is C10H7F6NOS. The highest BCUT2D eigenvalue weighted by Crippen LogP contribution is 2.38. The molecule has 0 spiro atoms. The number of nitrogens with two attached hydrogens (primary N) is 1. The molecule has 0 atom stereocenters. The van der Waals surface area contributed by atoms with Gasteiger partial charge >= 0.3 is 12.4 Å². The molecule has 9 heteroatoms. The van der Waals surface area contributed by atoms with Crippen molar-refractivity contribution < 1.29 is 31.1 Å². The molecule has 0 saturated heterocycles. The zero-order valence-corrected chi connectivity index (χ0v) is 9.92. The standard InChI is InChI=1S/C10H7F6NOS/c11-9(12,13)5-1-6(10(14,15)16)3-7(2-5)18-4-8(17)19/h1-3H,4H2,(H2,17,19). The maximum absolute atomic E-state index is 12.5. The van der Waals surface area contributed by atoms with E-state index in [4.69, 9.17) is 5.73 Å². The lowest BCUT2D eigenvalue weighted by atomic mass is 10.1. The fraction of sp³-hybridized carbons (Fsp3) is 0.300. The van der Waals surface area contributed by atoms with Gasteiger partial charge in [-0.1, -0.05) is 12.2 Å². The second-order valence-corrected chi connectivity index (χ2v) is 4.02. The van der Waals surface area contributed by atoms with Crippen molar-refractivity contribution in [2.45, 2.75) is 12.4 Å². The number of hydrogen-bond acceptors (Lipinski definition) is 2. The lowest BCUT2D eigenvalue weighted by Crippen LogP contribution is -2.18. The summed E-state index contributed by atoms with van der Waals surface area (Å²) in [5.41, 5.74) is 2.13. The van der Waals surface area contributed by atoms with Crippen LogP contribution in [-0.4, -0.2) is 11.6 Å². The van der Waals surface area contributed by atoms with Crippen LogP contribution in [0.15, 0.2) is 18.2 Å². The molecule has 1 aromatic rings. The summed E-state index contributed by atoms with van der Waals surface area (Å²) in [5, 5.41) is 0. The minimum atomic E-state index is -4.91. The van der Waals surface area contributed by atoms with Crippen LogP contribution >= 0.6 is 12.2 Å². The maximum Gasteiger partial charge on any atom is 0.416 e. The summed E-state index contributed by atoms with van der Waals surface area (Å²) in [4.78, 5) is -0.189. The fourth-order valence-corrected chi connectivity index (χ4v) is 1.22. The van der Waals surface area contributed by atoms with Gasteiger partial charge in [-0.2, -0.15) is 26.3 Å². The molecule has 0 aromatic heterocycles. The monoisotopic (exact) mass is 303 g/mol. The van der Waals surface area contributed by atoms with Gasteiger partial charge in [-0.25, -0.2) is 0 Å². The molecule has 0 fully saturated rings. The summed E-state index contributed by atoms with van der Waals surface area (Å²) in [7, 11) is 0. The Morgan fingerprint density at radius 1 is 1.00 bits per heavy atom. The normalized spacial score (nSPS) is 12.3. The van der Waals surface area contributed by atoms with Crippen molar-refractivity contribution in [1.82, 2.24) is 0 Å². The first-order chi connectivity index (χ1) is 8.50. The van der Waals surface area contributed by atoms with E-state index in [-0.39, 0.29) is 11.1 Å². The van der Waals surface area contributed by atoms with Gasteiger partial charge in [-0.05, 0) is 18.2 Å². The Morgan fingerprint density at radius 2 is 1.42 bits per heavy atom. The largest absolute Gasteiger partial charge is 0.486 e. The molecule has 0 radical (unpaired) electrons. The first-order valence-electron chi connectivity index (χ1n) is 4.71. The Hall–Kier alpha value is -1.51. The Balaban J connectivity index is 3.21. The summed E-state index contributed by atoms with van der Waals surface area (Å²) in [6.07, 6.45) is -9.83. The van der Waals surface area contributed by atoms with Gasteiger partial charge in [0.25, 0.3) is 0 Å². The zero-order chi connectivity index (χ0) is 14.8. The Bertz CT molecular complexity index is 450. The Kier molecular flexibility index (Phi) is 4.28. The van der Waals surface area contributed by atoms with E-state index in [1.165, 1.54) is 0 Å². The molecule has 0 saturated carbocycles. The number of hydrogen-bond donors (Lipinski definition) is 1. The van der Waals surface area contributed by atoms with Crippen molar-refractivity contribution >= 4 is 17.2 Å². The summed E-state index contributed by atoms with van der Waals surface area (Å²) in [6.45, 7) is -0.450. The van der Waals surface area contributed by atoms with E-state index in [1.54, 1.807) is 0 Å². The van der Waals surface area contributed by atoms with E-state index in [9.17, 15) is 26.3 Å². The summed E-state index contributed by atoms with van der Waals surface area (Å²) in [6, 6.07) is 0.911. The smallest absolute Gasteiger partial charge is 0.416 e. The fourth-order valence-electron chi connectivity index (χ4n) is 1.16. The summed E-state index contributed by atoms with van der Waals surface area (Å²) < 4.78 is 79.4. The molecule has 1 rings (SSSR count). The molecule has 0 amide bonds. The van der Waals surface area contributed by atoms with Crippen LogP contribution in [0.1, 0.15) is 11.1 Å².